The lowest BCUT2D eigenvalue weighted by molar-refractivity contribution is -0.145. The topological polar surface area (TPSA) is 103 Å². The third-order valence-corrected chi connectivity index (χ3v) is 5.58. The van der Waals surface area contributed by atoms with E-state index >= 15 is 0 Å². The molecule has 2 aromatic rings. The van der Waals surface area contributed by atoms with Crippen LogP contribution in [0.2, 0.25) is 0 Å². The minimum absolute atomic E-state index is 0.338. The standard InChI is InChI=1S/C21H19N3O4/c1-28-18-7-3-2-5-14(18)21(24-10-4-6-17(24)19(25)26)15-11-13(12-22)8-9-16(15)23-20(21)27/h2-3,5,7-9,11,17H,4,6,10H2,1H3,(H,23,27)(H,25,26)/t17-,21?/m0/s1. The molecule has 0 radical (unpaired) electrons. The molecular formula is C21H19N3O4. The maximum absolute atomic E-state index is 13.5. The van der Waals surface area contributed by atoms with E-state index in [1.54, 1.807) is 47.4 Å². The summed E-state index contributed by atoms with van der Waals surface area (Å²) in [6.45, 7) is 0.443. The van der Waals surface area contributed by atoms with Crippen LogP contribution in [0.4, 0.5) is 5.69 Å². The van der Waals surface area contributed by atoms with Gasteiger partial charge in [0.15, 0.2) is 5.54 Å². The van der Waals surface area contributed by atoms with Gasteiger partial charge in [-0.15, -0.1) is 0 Å². The Hall–Kier alpha value is -3.37. The molecule has 4 rings (SSSR count). The van der Waals surface area contributed by atoms with Crippen LogP contribution in [0.5, 0.6) is 5.75 Å². The summed E-state index contributed by atoms with van der Waals surface area (Å²) in [5, 5.41) is 22.1. The van der Waals surface area contributed by atoms with Crippen LogP contribution in [0.3, 0.4) is 0 Å². The molecule has 1 saturated heterocycles. The van der Waals surface area contributed by atoms with E-state index in [1.807, 2.05) is 0 Å². The molecule has 28 heavy (non-hydrogen) atoms. The molecule has 142 valence electrons. The summed E-state index contributed by atoms with van der Waals surface area (Å²) in [5.74, 6) is -0.816. The highest BCUT2D eigenvalue weighted by Gasteiger charge is 2.58. The number of rotatable bonds is 4. The summed E-state index contributed by atoms with van der Waals surface area (Å²) in [6.07, 6.45) is 1.11. The number of fused-ring (bicyclic) bond motifs is 1. The van der Waals surface area contributed by atoms with Crippen LogP contribution in [0, 0.1) is 11.3 Å². The number of nitrogens with one attached hydrogen (secondary N) is 1. The normalized spacial score (nSPS) is 23.7. The average Bonchev–Trinajstić information content (AvgIpc) is 3.30. The Morgan fingerprint density at radius 2 is 2.11 bits per heavy atom. The molecule has 2 aliphatic rings. The second-order valence-electron chi connectivity index (χ2n) is 6.93. The number of likely N-dealkylation sites (tertiary alicyclic amines) is 1. The molecule has 0 aliphatic carbocycles. The molecule has 2 N–H and O–H groups in total. The number of carboxylic acids is 1. The van der Waals surface area contributed by atoms with E-state index in [9.17, 15) is 20.0 Å². The van der Waals surface area contributed by atoms with Crippen molar-refractivity contribution in [3.63, 3.8) is 0 Å². The molecule has 2 heterocycles. The van der Waals surface area contributed by atoms with Crippen LogP contribution in [-0.4, -0.2) is 41.6 Å². The molecule has 2 aliphatic heterocycles. The highest BCUT2D eigenvalue weighted by Crippen LogP contribution is 2.50. The molecule has 0 saturated carbocycles. The van der Waals surface area contributed by atoms with Gasteiger partial charge in [0.25, 0.3) is 5.91 Å². The summed E-state index contributed by atoms with van der Waals surface area (Å²) in [6, 6.07) is 13.4. The van der Waals surface area contributed by atoms with Crippen molar-refractivity contribution in [1.82, 2.24) is 4.90 Å². The maximum atomic E-state index is 13.5. The van der Waals surface area contributed by atoms with Gasteiger partial charge in [0, 0.05) is 23.4 Å². The number of nitriles is 1. The van der Waals surface area contributed by atoms with Crippen LogP contribution in [0.15, 0.2) is 42.5 Å². The first-order valence-electron chi connectivity index (χ1n) is 9.03. The van der Waals surface area contributed by atoms with E-state index < -0.39 is 17.6 Å². The fraction of sp³-hybridized carbons (Fsp3) is 0.286. The number of carbonyl (C=O) groups excluding carboxylic acids is 1. The van der Waals surface area contributed by atoms with Crippen molar-refractivity contribution in [2.24, 2.45) is 0 Å². The van der Waals surface area contributed by atoms with Crippen molar-refractivity contribution < 1.29 is 19.4 Å². The van der Waals surface area contributed by atoms with E-state index in [4.69, 9.17) is 4.74 Å². The van der Waals surface area contributed by atoms with Crippen LogP contribution in [-0.2, 0) is 15.1 Å². The second kappa shape index (κ2) is 6.66. The molecule has 0 aromatic heterocycles. The third kappa shape index (κ3) is 2.38. The Kier molecular flexibility index (Phi) is 4.28. The summed E-state index contributed by atoms with van der Waals surface area (Å²) in [5.41, 5.74) is 0.742. The quantitative estimate of drug-likeness (QED) is 0.848. The molecule has 1 amide bonds. The van der Waals surface area contributed by atoms with Crippen molar-refractivity contribution >= 4 is 17.6 Å². The Bertz CT molecular complexity index is 1010. The van der Waals surface area contributed by atoms with E-state index in [0.29, 0.717) is 47.5 Å². The number of carbonyl (C=O) groups is 2. The highest BCUT2D eigenvalue weighted by atomic mass is 16.5. The molecule has 1 unspecified atom stereocenters. The van der Waals surface area contributed by atoms with Gasteiger partial charge in [0.2, 0.25) is 0 Å². The number of methoxy groups -OCH3 is 1. The molecular weight excluding hydrogens is 358 g/mol. The largest absolute Gasteiger partial charge is 0.496 e. The number of anilines is 1. The zero-order chi connectivity index (χ0) is 19.9. The van der Waals surface area contributed by atoms with Crippen LogP contribution in [0.25, 0.3) is 0 Å². The minimum Gasteiger partial charge on any atom is -0.496 e. The van der Waals surface area contributed by atoms with Gasteiger partial charge in [-0.2, -0.15) is 5.26 Å². The molecule has 1 fully saturated rings. The maximum Gasteiger partial charge on any atom is 0.320 e. The van der Waals surface area contributed by atoms with Crippen molar-refractivity contribution in [2.45, 2.75) is 24.4 Å². The van der Waals surface area contributed by atoms with Crippen molar-refractivity contribution in [3.05, 3.63) is 59.2 Å². The lowest BCUT2D eigenvalue weighted by Crippen LogP contribution is -2.55. The molecule has 7 heteroatoms. The number of carboxylic acid groups (broad SMARTS) is 1. The zero-order valence-corrected chi connectivity index (χ0v) is 15.3. The molecule has 0 bridgehead atoms. The first-order valence-corrected chi connectivity index (χ1v) is 9.03. The number of benzene rings is 2. The van der Waals surface area contributed by atoms with E-state index in [2.05, 4.69) is 11.4 Å². The van der Waals surface area contributed by atoms with Gasteiger partial charge in [0.1, 0.15) is 11.8 Å². The predicted molar refractivity (Wildman–Crippen MR) is 101 cm³/mol. The SMILES string of the molecule is COc1ccccc1C1(N2CCC[C@H]2C(=O)O)C(=O)Nc2ccc(C#N)cc21. The number of nitrogens with zero attached hydrogens (tertiary/aromatic N) is 2. The van der Waals surface area contributed by atoms with E-state index in [-0.39, 0.29) is 5.91 Å². The molecule has 2 atom stereocenters. The first-order chi connectivity index (χ1) is 13.5. The number of amides is 1. The van der Waals surface area contributed by atoms with Gasteiger partial charge in [-0.3, -0.25) is 14.5 Å². The van der Waals surface area contributed by atoms with Crippen LogP contribution >= 0.6 is 0 Å². The Labute approximate surface area is 162 Å². The minimum atomic E-state index is -1.38. The van der Waals surface area contributed by atoms with Gasteiger partial charge in [-0.25, -0.2) is 0 Å². The fourth-order valence-corrected chi connectivity index (χ4v) is 4.43. The Morgan fingerprint density at radius 1 is 1.32 bits per heavy atom. The summed E-state index contributed by atoms with van der Waals surface area (Å²) in [4.78, 5) is 27.2. The van der Waals surface area contributed by atoms with Gasteiger partial charge >= 0.3 is 5.97 Å². The second-order valence-corrected chi connectivity index (χ2v) is 6.93. The molecule has 0 spiro atoms. The summed E-state index contributed by atoms with van der Waals surface area (Å²) < 4.78 is 5.54. The number of para-hydroxylation sites is 1. The van der Waals surface area contributed by atoms with E-state index in [0.717, 1.165) is 0 Å². The van der Waals surface area contributed by atoms with Crippen molar-refractivity contribution in [1.29, 1.82) is 5.26 Å². The fourth-order valence-electron chi connectivity index (χ4n) is 4.43. The van der Waals surface area contributed by atoms with Crippen LogP contribution < -0.4 is 10.1 Å². The summed E-state index contributed by atoms with van der Waals surface area (Å²) in [7, 11) is 1.52. The van der Waals surface area contributed by atoms with Gasteiger partial charge in [-0.05, 0) is 37.1 Å². The van der Waals surface area contributed by atoms with Crippen LogP contribution in [0.1, 0.15) is 29.5 Å². The average molecular weight is 377 g/mol. The third-order valence-electron chi connectivity index (χ3n) is 5.58. The van der Waals surface area contributed by atoms with Gasteiger partial charge < -0.3 is 15.2 Å². The first kappa shape index (κ1) is 18.0. The molecule has 2 aromatic carbocycles. The zero-order valence-electron chi connectivity index (χ0n) is 15.3. The Morgan fingerprint density at radius 3 is 2.82 bits per heavy atom. The predicted octanol–water partition coefficient (Wildman–Crippen LogP) is 2.31. The number of hydrogen-bond acceptors (Lipinski definition) is 5. The molecule has 7 nitrogen and oxygen atoms in total. The Balaban J connectivity index is 2.06. The van der Waals surface area contributed by atoms with Gasteiger partial charge in [0.05, 0.1) is 18.7 Å². The van der Waals surface area contributed by atoms with E-state index in [1.165, 1.54) is 7.11 Å². The lowest BCUT2D eigenvalue weighted by Gasteiger charge is -2.40. The van der Waals surface area contributed by atoms with Gasteiger partial charge in [-0.1, -0.05) is 18.2 Å². The van der Waals surface area contributed by atoms with Crippen molar-refractivity contribution in [3.8, 4) is 11.8 Å². The number of ether oxygens (including phenoxy) is 1. The summed E-state index contributed by atoms with van der Waals surface area (Å²) >= 11 is 0. The number of hydrogen-bond donors (Lipinski definition) is 2. The lowest BCUT2D eigenvalue weighted by atomic mass is 9.80. The van der Waals surface area contributed by atoms with Crippen molar-refractivity contribution in [2.75, 3.05) is 19.0 Å². The highest BCUT2D eigenvalue weighted by molar-refractivity contribution is 6.09. The monoisotopic (exact) mass is 377 g/mol. The number of aliphatic carboxylic acids is 1. The smallest absolute Gasteiger partial charge is 0.320 e.